The third-order valence-electron chi connectivity index (χ3n) is 6.31. The molecule has 0 saturated heterocycles. The topological polar surface area (TPSA) is 63.6 Å². The van der Waals surface area contributed by atoms with Gasteiger partial charge in [-0.1, -0.05) is 44.2 Å². The highest BCUT2D eigenvalue weighted by molar-refractivity contribution is 6.03. The lowest BCUT2D eigenvalue weighted by Gasteiger charge is -2.44. The van der Waals surface area contributed by atoms with Gasteiger partial charge in [-0.05, 0) is 49.1 Å². The molecular formula is C26H31N3O3. The first-order valence-electron chi connectivity index (χ1n) is 11.1. The van der Waals surface area contributed by atoms with E-state index in [1.807, 2.05) is 66.1 Å². The number of rotatable bonds is 7. The zero-order valence-electron chi connectivity index (χ0n) is 19.2. The van der Waals surface area contributed by atoms with Crippen LogP contribution in [0.4, 0.5) is 0 Å². The smallest absolute Gasteiger partial charge is 0.271 e. The van der Waals surface area contributed by atoms with Crippen molar-refractivity contribution in [3.8, 4) is 5.75 Å². The monoisotopic (exact) mass is 433 g/mol. The highest BCUT2D eigenvalue weighted by Crippen LogP contribution is 2.33. The fourth-order valence-corrected chi connectivity index (χ4v) is 4.37. The lowest BCUT2D eigenvalue weighted by Crippen LogP contribution is -2.63. The average Bonchev–Trinajstić information content (AvgIpc) is 3.15. The van der Waals surface area contributed by atoms with Gasteiger partial charge in [0.05, 0.1) is 13.7 Å². The number of aromatic nitrogens is 1. The summed E-state index contributed by atoms with van der Waals surface area (Å²) < 4.78 is 7.34. The Hall–Kier alpha value is -3.28. The molecule has 1 aliphatic heterocycles. The third kappa shape index (κ3) is 3.97. The molecule has 0 fully saturated rings. The van der Waals surface area contributed by atoms with Gasteiger partial charge in [0.25, 0.3) is 5.91 Å². The van der Waals surface area contributed by atoms with Gasteiger partial charge in [-0.25, -0.2) is 0 Å². The molecule has 32 heavy (non-hydrogen) atoms. The highest BCUT2D eigenvalue weighted by atomic mass is 16.5. The molecule has 0 aliphatic carbocycles. The van der Waals surface area contributed by atoms with Gasteiger partial charge in [-0.15, -0.1) is 0 Å². The van der Waals surface area contributed by atoms with E-state index >= 15 is 0 Å². The second-order valence-electron chi connectivity index (χ2n) is 9.13. The Kier molecular flexibility index (Phi) is 5.96. The molecule has 4 rings (SSSR count). The molecule has 3 aromatic rings. The highest BCUT2D eigenvalue weighted by Gasteiger charge is 2.47. The molecular weight excluding hydrogens is 402 g/mol. The molecule has 2 heterocycles. The molecule has 6 nitrogen and oxygen atoms in total. The van der Waals surface area contributed by atoms with Crippen LogP contribution in [0.3, 0.4) is 0 Å². The van der Waals surface area contributed by atoms with Crippen LogP contribution in [-0.4, -0.2) is 40.5 Å². The number of carbonyl (C=O) groups excluding carboxylic acids is 2. The van der Waals surface area contributed by atoms with E-state index in [1.165, 1.54) is 0 Å². The summed E-state index contributed by atoms with van der Waals surface area (Å²) in [5, 5.41) is 4.08. The predicted octanol–water partition coefficient (Wildman–Crippen LogP) is 4.23. The summed E-state index contributed by atoms with van der Waals surface area (Å²) in [5.74, 6) is 0.947. The Bertz CT molecular complexity index is 1150. The van der Waals surface area contributed by atoms with Crippen molar-refractivity contribution in [1.82, 2.24) is 14.8 Å². The number of nitrogens with zero attached hydrogens (tertiary/aromatic N) is 2. The maximum absolute atomic E-state index is 13.7. The summed E-state index contributed by atoms with van der Waals surface area (Å²) in [4.78, 5) is 28.9. The number of nitrogens with one attached hydrogen (secondary N) is 1. The molecule has 0 saturated carbocycles. The maximum Gasteiger partial charge on any atom is 0.271 e. The van der Waals surface area contributed by atoms with Crippen LogP contribution in [0.1, 0.15) is 43.2 Å². The lowest BCUT2D eigenvalue weighted by atomic mass is 9.93. The number of amides is 2. The van der Waals surface area contributed by atoms with Gasteiger partial charge in [0.15, 0.2) is 0 Å². The van der Waals surface area contributed by atoms with Crippen LogP contribution in [-0.2, 0) is 17.9 Å². The Labute approximate surface area is 189 Å². The number of carbonyl (C=O) groups is 2. The molecule has 0 radical (unpaired) electrons. The van der Waals surface area contributed by atoms with Crippen LogP contribution in [0.2, 0.25) is 0 Å². The van der Waals surface area contributed by atoms with Gasteiger partial charge in [-0.3, -0.25) is 9.59 Å². The maximum atomic E-state index is 13.7. The fourth-order valence-electron chi connectivity index (χ4n) is 4.37. The van der Waals surface area contributed by atoms with Crippen molar-refractivity contribution in [2.45, 2.75) is 45.8 Å². The fraction of sp³-hybridized carbons (Fsp3) is 0.385. The van der Waals surface area contributed by atoms with Crippen LogP contribution in [0, 0.1) is 5.92 Å². The Morgan fingerprint density at radius 3 is 2.69 bits per heavy atom. The predicted molar refractivity (Wildman–Crippen MR) is 126 cm³/mol. The minimum Gasteiger partial charge on any atom is -0.497 e. The largest absolute Gasteiger partial charge is 0.497 e. The zero-order chi connectivity index (χ0) is 22.9. The van der Waals surface area contributed by atoms with Crippen molar-refractivity contribution in [2.24, 2.45) is 5.92 Å². The van der Waals surface area contributed by atoms with E-state index in [4.69, 9.17) is 4.74 Å². The van der Waals surface area contributed by atoms with E-state index in [0.29, 0.717) is 31.2 Å². The van der Waals surface area contributed by atoms with Crippen molar-refractivity contribution in [1.29, 1.82) is 0 Å². The van der Waals surface area contributed by atoms with E-state index in [9.17, 15) is 9.59 Å². The Morgan fingerprint density at radius 2 is 1.94 bits per heavy atom. The van der Waals surface area contributed by atoms with Gasteiger partial charge in [0, 0.05) is 24.0 Å². The van der Waals surface area contributed by atoms with Crippen LogP contribution in [0.5, 0.6) is 5.75 Å². The number of ether oxygens (including phenoxy) is 1. The van der Waals surface area contributed by atoms with Crippen LogP contribution in [0.25, 0.3) is 10.9 Å². The first-order valence-corrected chi connectivity index (χ1v) is 11.1. The van der Waals surface area contributed by atoms with E-state index in [1.54, 1.807) is 12.0 Å². The lowest BCUT2D eigenvalue weighted by molar-refractivity contribution is -0.133. The first-order chi connectivity index (χ1) is 15.3. The molecule has 1 N–H and O–H groups in total. The SMILES string of the molecule is COc1cccc(CN2C(=O)c3cc4ccccc4n3C[C@@]2(C)C(=O)NCCC(C)C)c1. The normalized spacial score (nSPS) is 18.2. The summed E-state index contributed by atoms with van der Waals surface area (Å²) in [6.07, 6.45) is 0.892. The number of methoxy groups -OCH3 is 1. The van der Waals surface area contributed by atoms with Gasteiger partial charge in [0.2, 0.25) is 5.91 Å². The van der Waals surface area contributed by atoms with Crippen molar-refractivity contribution in [2.75, 3.05) is 13.7 Å². The molecule has 2 amide bonds. The summed E-state index contributed by atoms with van der Waals surface area (Å²) in [6, 6.07) is 17.5. The van der Waals surface area contributed by atoms with Gasteiger partial charge >= 0.3 is 0 Å². The molecule has 2 aromatic carbocycles. The Morgan fingerprint density at radius 1 is 1.16 bits per heavy atom. The number of fused-ring (bicyclic) bond motifs is 3. The zero-order valence-corrected chi connectivity index (χ0v) is 19.2. The summed E-state index contributed by atoms with van der Waals surface area (Å²) in [5.41, 5.74) is 1.48. The number of hydrogen-bond donors (Lipinski definition) is 1. The summed E-state index contributed by atoms with van der Waals surface area (Å²) >= 11 is 0. The minimum atomic E-state index is -1.02. The number of benzene rings is 2. The van der Waals surface area contributed by atoms with Gasteiger partial charge in [-0.2, -0.15) is 0 Å². The van der Waals surface area contributed by atoms with Gasteiger partial charge in [0.1, 0.15) is 17.0 Å². The first kappa shape index (κ1) is 21.9. The molecule has 0 bridgehead atoms. The minimum absolute atomic E-state index is 0.127. The average molecular weight is 434 g/mol. The summed E-state index contributed by atoms with van der Waals surface area (Å²) in [6.45, 7) is 7.45. The van der Waals surface area contributed by atoms with E-state index < -0.39 is 5.54 Å². The van der Waals surface area contributed by atoms with E-state index in [2.05, 4.69) is 19.2 Å². The molecule has 1 aromatic heterocycles. The molecule has 6 heteroatoms. The van der Waals surface area contributed by atoms with Crippen molar-refractivity contribution in [3.05, 3.63) is 65.9 Å². The standard InChI is InChI=1S/C26H31N3O3/c1-18(2)12-13-27-25(31)26(3)17-28-22-11-6-5-9-20(22)15-23(28)24(30)29(26)16-19-8-7-10-21(14-19)32-4/h5-11,14-15,18H,12-13,16-17H2,1-4H3,(H,27,31)/t26-/m0/s1. The van der Waals surface area contributed by atoms with Crippen LogP contribution in [0.15, 0.2) is 54.6 Å². The quantitative estimate of drug-likeness (QED) is 0.607. The van der Waals surface area contributed by atoms with Crippen LogP contribution < -0.4 is 10.1 Å². The summed E-state index contributed by atoms with van der Waals surface area (Å²) in [7, 11) is 1.62. The third-order valence-corrected chi connectivity index (χ3v) is 6.31. The number of para-hydroxylation sites is 1. The van der Waals surface area contributed by atoms with Crippen molar-refractivity contribution >= 4 is 22.7 Å². The second-order valence-corrected chi connectivity index (χ2v) is 9.13. The van der Waals surface area contributed by atoms with Crippen LogP contribution >= 0.6 is 0 Å². The molecule has 1 atom stereocenters. The molecule has 168 valence electrons. The van der Waals surface area contributed by atoms with E-state index in [0.717, 1.165) is 28.6 Å². The molecule has 1 aliphatic rings. The number of hydrogen-bond acceptors (Lipinski definition) is 3. The van der Waals surface area contributed by atoms with Crippen molar-refractivity contribution < 1.29 is 14.3 Å². The van der Waals surface area contributed by atoms with Crippen molar-refractivity contribution in [3.63, 3.8) is 0 Å². The van der Waals surface area contributed by atoms with Gasteiger partial charge < -0.3 is 19.5 Å². The Balaban J connectivity index is 1.74. The van der Waals surface area contributed by atoms with E-state index in [-0.39, 0.29) is 11.8 Å². The molecule has 0 spiro atoms. The molecule has 0 unspecified atom stereocenters. The second kappa shape index (κ2) is 8.69.